The van der Waals surface area contributed by atoms with Crippen molar-refractivity contribution < 1.29 is 13.2 Å². The zero-order valence-electron chi connectivity index (χ0n) is 8.55. The highest BCUT2D eigenvalue weighted by Gasteiger charge is 2.19. The van der Waals surface area contributed by atoms with E-state index >= 15 is 0 Å². The van der Waals surface area contributed by atoms with Crippen molar-refractivity contribution in [2.24, 2.45) is 0 Å². The van der Waals surface area contributed by atoms with Crippen LogP contribution in [0.4, 0.5) is 13.2 Å². The minimum absolute atomic E-state index is 0.0697. The SMILES string of the molecule is Fc1ccc(C(Br)Cc2ncc[nH]2)c(F)c1F. The summed E-state index contributed by atoms with van der Waals surface area (Å²) < 4.78 is 39.3. The number of halogens is 4. The first-order chi connectivity index (χ1) is 8.09. The molecule has 1 heterocycles. The topological polar surface area (TPSA) is 28.7 Å². The first kappa shape index (κ1) is 12.2. The van der Waals surface area contributed by atoms with Crippen LogP contribution in [0.25, 0.3) is 0 Å². The van der Waals surface area contributed by atoms with Crippen LogP contribution in [0, 0.1) is 17.5 Å². The molecule has 0 fully saturated rings. The fourth-order valence-corrected chi connectivity index (χ4v) is 2.13. The number of nitrogens with one attached hydrogen (secondary N) is 1. The molecule has 0 amide bonds. The van der Waals surface area contributed by atoms with Gasteiger partial charge in [0.25, 0.3) is 0 Å². The summed E-state index contributed by atoms with van der Waals surface area (Å²) in [6.45, 7) is 0. The van der Waals surface area contributed by atoms with Crippen LogP contribution in [0.3, 0.4) is 0 Å². The molecule has 0 aliphatic rings. The lowest BCUT2D eigenvalue weighted by atomic mass is 10.1. The fourth-order valence-electron chi connectivity index (χ4n) is 1.47. The lowest BCUT2D eigenvalue weighted by Crippen LogP contribution is -2.03. The van der Waals surface area contributed by atoms with E-state index in [-0.39, 0.29) is 5.56 Å². The summed E-state index contributed by atoms with van der Waals surface area (Å²) in [5, 5.41) is 0. The highest BCUT2D eigenvalue weighted by molar-refractivity contribution is 9.09. The maximum Gasteiger partial charge on any atom is 0.194 e. The second kappa shape index (κ2) is 4.91. The Kier molecular flexibility index (Phi) is 3.51. The summed E-state index contributed by atoms with van der Waals surface area (Å²) in [6, 6.07) is 2.13. The van der Waals surface area contributed by atoms with Crippen LogP contribution in [0.15, 0.2) is 24.5 Å². The number of aromatic nitrogens is 2. The smallest absolute Gasteiger partial charge is 0.194 e. The predicted molar refractivity (Wildman–Crippen MR) is 60.3 cm³/mol. The molecule has 2 nitrogen and oxygen atoms in total. The maximum absolute atomic E-state index is 13.5. The summed E-state index contributed by atoms with van der Waals surface area (Å²) >= 11 is 3.23. The van der Waals surface area contributed by atoms with Crippen LogP contribution in [-0.2, 0) is 6.42 Å². The number of hydrogen-bond acceptors (Lipinski definition) is 1. The van der Waals surface area contributed by atoms with Gasteiger partial charge in [-0.1, -0.05) is 22.0 Å². The molecule has 0 aliphatic heterocycles. The lowest BCUT2D eigenvalue weighted by Gasteiger charge is -2.10. The molecule has 2 aromatic rings. The molecule has 0 aliphatic carbocycles. The molecule has 0 radical (unpaired) electrons. The Bertz CT molecular complexity index is 514. The number of aromatic amines is 1. The van der Waals surface area contributed by atoms with Crippen LogP contribution in [-0.4, -0.2) is 9.97 Å². The minimum Gasteiger partial charge on any atom is -0.349 e. The van der Waals surface area contributed by atoms with Gasteiger partial charge in [0.2, 0.25) is 0 Å². The van der Waals surface area contributed by atoms with Gasteiger partial charge in [-0.25, -0.2) is 18.2 Å². The van der Waals surface area contributed by atoms with Crippen molar-refractivity contribution in [3.63, 3.8) is 0 Å². The molecule has 6 heteroatoms. The highest BCUT2D eigenvalue weighted by Crippen LogP contribution is 2.29. The van der Waals surface area contributed by atoms with Crippen LogP contribution >= 0.6 is 15.9 Å². The minimum atomic E-state index is -1.45. The molecule has 1 unspecified atom stereocenters. The highest BCUT2D eigenvalue weighted by atomic mass is 79.9. The summed E-state index contributed by atoms with van der Waals surface area (Å²) in [7, 11) is 0. The van der Waals surface area contributed by atoms with Gasteiger partial charge in [-0.05, 0) is 6.07 Å². The normalized spacial score (nSPS) is 12.7. The van der Waals surface area contributed by atoms with Gasteiger partial charge in [0.15, 0.2) is 17.5 Å². The van der Waals surface area contributed by atoms with Gasteiger partial charge >= 0.3 is 0 Å². The molecule has 1 aromatic heterocycles. The third kappa shape index (κ3) is 2.52. The average molecular weight is 305 g/mol. The number of hydrogen-bond donors (Lipinski definition) is 1. The number of benzene rings is 1. The van der Waals surface area contributed by atoms with Crippen molar-refractivity contribution in [3.8, 4) is 0 Å². The van der Waals surface area contributed by atoms with Crippen molar-refractivity contribution in [3.05, 3.63) is 53.4 Å². The molecule has 0 saturated heterocycles. The third-order valence-corrected chi connectivity index (χ3v) is 3.15. The van der Waals surface area contributed by atoms with Crippen molar-refractivity contribution in [2.45, 2.75) is 11.2 Å². The number of imidazole rings is 1. The zero-order chi connectivity index (χ0) is 12.4. The Balaban J connectivity index is 2.25. The van der Waals surface area contributed by atoms with E-state index in [9.17, 15) is 13.2 Å². The first-order valence-corrected chi connectivity index (χ1v) is 5.77. The lowest BCUT2D eigenvalue weighted by molar-refractivity contribution is 0.440. The molecule has 1 aromatic carbocycles. The Morgan fingerprint density at radius 3 is 2.65 bits per heavy atom. The molecular formula is C11H8BrF3N2. The van der Waals surface area contributed by atoms with Gasteiger partial charge in [0.1, 0.15) is 5.82 Å². The zero-order valence-corrected chi connectivity index (χ0v) is 10.1. The predicted octanol–water partition coefficient (Wildman–Crippen LogP) is 3.51. The van der Waals surface area contributed by atoms with Gasteiger partial charge in [-0.15, -0.1) is 0 Å². The quantitative estimate of drug-likeness (QED) is 0.682. The molecule has 1 atom stereocenters. The molecular weight excluding hydrogens is 297 g/mol. The summed E-state index contributed by atoms with van der Waals surface area (Å²) in [6.07, 6.45) is 3.56. The second-order valence-corrected chi connectivity index (χ2v) is 4.58. The molecule has 17 heavy (non-hydrogen) atoms. The largest absolute Gasteiger partial charge is 0.349 e. The van der Waals surface area contributed by atoms with E-state index in [0.717, 1.165) is 6.07 Å². The van der Waals surface area contributed by atoms with Gasteiger partial charge in [-0.3, -0.25) is 0 Å². The Morgan fingerprint density at radius 2 is 2.00 bits per heavy atom. The molecule has 0 bridgehead atoms. The van der Waals surface area contributed by atoms with E-state index in [0.29, 0.717) is 12.2 Å². The number of rotatable bonds is 3. The first-order valence-electron chi connectivity index (χ1n) is 4.85. The molecule has 0 saturated carbocycles. The van der Waals surface area contributed by atoms with Crippen molar-refractivity contribution >= 4 is 15.9 Å². The van der Waals surface area contributed by atoms with E-state index < -0.39 is 22.3 Å². The van der Waals surface area contributed by atoms with Gasteiger partial charge in [0.05, 0.1) is 0 Å². The molecule has 90 valence electrons. The van der Waals surface area contributed by atoms with E-state index in [1.807, 2.05) is 0 Å². The Morgan fingerprint density at radius 1 is 1.24 bits per heavy atom. The van der Waals surface area contributed by atoms with E-state index in [2.05, 4.69) is 25.9 Å². The van der Waals surface area contributed by atoms with Crippen molar-refractivity contribution in [1.82, 2.24) is 9.97 Å². The van der Waals surface area contributed by atoms with Crippen molar-refractivity contribution in [1.29, 1.82) is 0 Å². The maximum atomic E-state index is 13.5. The summed E-state index contributed by atoms with van der Waals surface area (Å²) in [5.74, 6) is -3.18. The van der Waals surface area contributed by atoms with E-state index in [1.165, 1.54) is 6.07 Å². The average Bonchev–Trinajstić information content (AvgIpc) is 2.78. The van der Waals surface area contributed by atoms with Gasteiger partial charge in [0, 0.05) is 29.2 Å². The molecule has 0 spiro atoms. The second-order valence-electron chi connectivity index (χ2n) is 3.47. The standard InChI is InChI=1S/C11H8BrF3N2/c12-7(5-9-16-3-4-17-9)6-1-2-8(13)11(15)10(6)14/h1-4,7H,5H2,(H,16,17). The van der Waals surface area contributed by atoms with Crippen LogP contribution in [0.5, 0.6) is 0 Å². The third-order valence-electron chi connectivity index (χ3n) is 2.33. The number of alkyl halides is 1. The van der Waals surface area contributed by atoms with Crippen LogP contribution < -0.4 is 0 Å². The summed E-state index contributed by atoms with van der Waals surface area (Å²) in [5.41, 5.74) is 0.0697. The van der Waals surface area contributed by atoms with Crippen molar-refractivity contribution in [2.75, 3.05) is 0 Å². The Hall–Kier alpha value is -1.30. The summed E-state index contributed by atoms with van der Waals surface area (Å²) in [4.78, 5) is 6.36. The molecule has 2 rings (SSSR count). The monoisotopic (exact) mass is 304 g/mol. The van der Waals surface area contributed by atoms with E-state index in [1.54, 1.807) is 12.4 Å². The molecule has 1 N–H and O–H groups in total. The van der Waals surface area contributed by atoms with Gasteiger partial charge in [-0.2, -0.15) is 0 Å². The van der Waals surface area contributed by atoms with Crippen LogP contribution in [0.2, 0.25) is 0 Å². The van der Waals surface area contributed by atoms with E-state index in [4.69, 9.17) is 0 Å². The van der Waals surface area contributed by atoms with Gasteiger partial charge < -0.3 is 4.98 Å². The Labute approximate surface area is 104 Å². The number of H-pyrrole nitrogens is 1. The van der Waals surface area contributed by atoms with Crippen LogP contribution in [0.1, 0.15) is 16.2 Å². The number of nitrogens with zero attached hydrogens (tertiary/aromatic N) is 1. The fraction of sp³-hybridized carbons (Fsp3) is 0.182.